The molecule has 0 amide bonds. The van der Waals surface area contributed by atoms with Gasteiger partial charge in [-0.2, -0.15) is 0 Å². The second kappa shape index (κ2) is 8.38. The van der Waals surface area contributed by atoms with Crippen LogP contribution in [0, 0.1) is 5.92 Å². The van der Waals surface area contributed by atoms with Crippen LogP contribution >= 0.6 is 0 Å². The van der Waals surface area contributed by atoms with Crippen LogP contribution in [0.5, 0.6) is 0 Å². The Morgan fingerprint density at radius 2 is 1.76 bits per heavy atom. The zero-order valence-electron chi connectivity index (χ0n) is 14.7. The fourth-order valence-electron chi connectivity index (χ4n) is 2.26. The van der Waals surface area contributed by atoms with Crippen LogP contribution in [0.1, 0.15) is 65.6 Å². The number of rotatable bonds is 8. The molecular weight excluding hydrogens is 258 g/mol. The van der Waals surface area contributed by atoms with Crippen molar-refractivity contribution in [2.24, 2.45) is 5.92 Å². The average Bonchev–Trinajstić information content (AvgIpc) is 2.45. The summed E-state index contributed by atoms with van der Waals surface area (Å²) in [6.07, 6.45) is 2.43. The Labute approximate surface area is 130 Å². The van der Waals surface area contributed by atoms with Crippen molar-refractivity contribution < 1.29 is 0 Å². The molecule has 3 heteroatoms. The zero-order chi connectivity index (χ0) is 15.9. The molecule has 0 aliphatic rings. The summed E-state index contributed by atoms with van der Waals surface area (Å²) in [6, 6.07) is 4.41. The third kappa shape index (κ3) is 6.04. The molecule has 1 aromatic rings. The van der Waals surface area contributed by atoms with Crippen molar-refractivity contribution >= 4 is 5.82 Å². The summed E-state index contributed by atoms with van der Waals surface area (Å²) in [5, 5.41) is 6.94. The highest BCUT2D eigenvalue weighted by atomic mass is 15.0. The molecule has 1 heterocycles. The van der Waals surface area contributed by atoms with E-state index in [0.29, 0.717) is 0 Å². The Balaban J connectivity index is 2.90. The lowest BCUT2D eigenvalue weighted by Gasteiger charge is -2.21. The van der Waals surface area contributed by atoms with Crippen LogP contribution in [-0.2, 0) is 12.0 Å². The average molecular weight is 291 g/mol. The standard InChI is InChI=1S/C18H33N3/c1-7-14(8-2)13-20-17-11-15(12-19-9-3)10-16(21-17)18(4,5)6/h10-11,14,19H,7-9,12-13H2,1-6H3,(H,20,21). The predicted octanol–water partition coefficient (Wildman–Crippen LogP) is 4.34. The highest BCUT2D eigenvalue weighted by molar-refractivity contribution is 5.41. The van der Waals surface area contributed by atoms with Crippen molar-refractivity contribution in [3.05, 3.63) is 23.4 Å². The van der Waals surface area contributed by atoms with E-state index in [1.54, 1.807) is 0 Å². The van der Waals surface area contributed by atoms with Crippen molar-refractivity contribution in [1.29, 1.82) is 0 Å². The molecule has 0 aromatic carbocycles. The second-order valence-corrected chi connectivity index (χ2v) is 6.84. The van der Waals surface area contributed by atoms with E-state index in [-0.39, 0.29) is 5.41 Å². The van der Waals surface area contributed by atoms with Crippen molar-refractivity contribution in [3.63, 3.8) is 0 Å². The fraction of sp³-hybridized carbons (Fsp3) is 0.722. The molecule has 0 unspecified atom stereocenters. The third-order valence-electron chi connectivity index (χ3n) is 3.96. The lowest BCUT2D eigenvalue weighted by molar-refractivity contribution is 0.517. The molecular formula is C18H33N3. The molecule has 21 heavy (non-hydrogen) atoms. The Hall–Kier alpha value is -1.09. The van der Waals surface area contributed by atoms with Crippen molar-refractivity contribution in [1.82, 2.24) is 10.3 Å². The van der Waals surface area contributed by atoms with Gasteiger partial charge >= 0.3 is 0 Å². The fourth-order valence-corrected chi connectivity index (χ4v) is 2.26. The van der Waals surface area contributed by atoms with Gasteiger partial charge in [-0.15, -0.1) is 0 Å². The maximum Gasteiger partial charge on any atom is 0.126 e. The van der Waals surface area contributed by atoms with Gasteiger partial charge in [0, 0.05) is 24.2 Å². The molecule has 0 atom stereocenters. The molecule has 0 saturated carbocycles. The predicted molar refractivity (Wildman–Crippen MR) is 92.9 cm³/mol. The SMILES string of the molecule is CCNCc1cc(NCC(CC)CC)nc(C(C)(C)C)c1. The normalized spacial score (nSPS) is 12.0. The Bertz CT molecular complexity index is 417. The quantitative estimate of drug-likeness (QED) is 0.748. The van der Waals surface area contributed by atoms with E-state index in [4.69, 9.17) is 4.98 Å². The summed E-state index contributed by atoms with van der Waals surface area (Å²) >= 11 is 0. The van der Waals surface area contributed by atoms with Gasteiger partial charge in [0.25, 0.3) is 0 Å². The Morgan fingerprint density at radius 1 is 1.10 bits per heavy atom. The maximum atomic E-state index is 4.81. The minimum absolute atomic E-state index is 0.0770. The van der Waals surface area contributed by atoms with Crippen LogP contribution in [0.3, 0.4) is 0 Å². The van der Waals surface area contributed by atoms with E-state index in [1.807, 2.05) is 0 Å². The molecule has 0 aliphatic heterocycles. The summed E-state index contributed by atoms with van der Waals surface area (Å²) in [5.41, 5.74) is 2.54. The maximum absolute atomic E-state index is 4.81. The van der Waals surface area contributed by atoms with E-state index in [0.717, 1.165) is 37.1 Å². The first kappa shape index (κ1) is 18.0. The van der Waals surface area contributed by atoms with Gasteiger partial charge in [0.2, 0.25) is 0 Å². The molecule has 0 saturated heterocycles. The van der Waals surface area contributed by atoms with Gasteiger partial charge in [-0.05, 0) is 30.2 Å². The smallest absolute Gasteiger partial charge is 0.126 e. The van der Waals surface area contributed by atoms with E-state index in [1.165, 1.54) is 18.4 Å². The van der Waals surface area contributed by atoms with Gasteiger partial charge < -0.3 is 10.6 Å². The zero-order valence-corrected chi connectivity index (χ0v) is 14.7. The molecule has 0 fully saturated rings. The molecule has 3 nitrogen and oxygen atoms in total. The molecule has 2 N–H and O–H groups in total. The highest BCUT2D eigenvalue weighted by Crippen LogP contribution is 2.23. The summed E-state index contributed by atoms with van der Waals surface area (Å²) in [7, 11) is 0. The topological polar surface area (TPSA) is 37.0 Å². The van der Waals surface area contributed by atoms with Gasteiger partial charge in [0.05, 0.1) is 0 Å². The van der Waals surface area contributed by atoms with E-state index in [2.05, 4.69) is 64.3 Å². The van der Waals surface area contributed by atoms with Crippen molar-refractivity contribution in [2.45, 2.75) is 66.3 Å². The summed E-state index contributed by atoms with van der Waals surface area (Å²) < 4.78 is 0. The number of hydrogen-bond donors (Lipinski definition) is 2. The van der Waals surface area contributed by atoms with Crippen LogP contribution in [0.15, 0.2) is 12.1 Å². The summed E-state index contributed by atoms with van der Waals surface area (Å²) in [4.78, 5) is 4.81. The van der Waals surface area contributed by atoms with Gasteiger partial charge in [-0.1, -0.05) is 54.4 Å². The molecule has 1 rings (SSSR count). The first-order valence-electron chi connectivity index (χ1n) is 8.36. The minimum atomic E-state index is 0.0770. The van der Waals surface area contributed by atoms with Crippen LogP contribution < -0.4 is 10.6 Å². The van der Waals surface area contributed by atoms with Gasteiger partial charge in [0.15, 0.2) is 0 Å². The molecule has 0 aliphatic carbocycles. The molecule has 0 radical (unpaired) electrons. The van der Waals surface area contributed by atoms with Gasteiger partial charge in [0.1, 0.15) is 5.82 Å². The first-order valence-corrected chi connectivity index (χ1v) is 8.36. The van der Waals surface area contributed by atoms with Crippen molar-refractivity contribution in [2.75, 3.05) is 18.4 Å². The number of pyridine rings is 1. The number of nitrogens with zero attached hydrogens (tertiary/aromatic N) is 1. The van der Waals surface area contributed by atoms with E-state index >= 15 is 0 Å². The number of hydrogen-bond acceptors (Lipinski definition) is 3. The molecule has 120 valence electrons. The van der Waals surface area contributed by atoms with Crippen LogP contribution in [-0.4, -0.2) is 18.1 Å². The summed E-state index contributed by atoms with van der Waals surface area (Å²) in [5.74, 6) is 1.74. The minimum Gasteiger partial charge on any atom is -0.370 e. The lowest BCUT2D eigenvalue weighted by atomic mass is 9.90. The Morgan fingerprint density at radius 3 is 2.29 bits per heavy atom. The summed E-state index contributed by atoms with van der Waals surface area (Å²) in [6.45, 7) is 16.2. The molecule has 0 spiro atoms. The third-order valence-corrected chi connectivity index (χ3v) is 3.96. The molecule has 0 bridgehead atoms. The monoisotopic (exact) mass is 291 g/mol. The van der Waals surface area contributed by atoms with Gasteiger partial charge in [-0.25, -0.2) is 4.98 Å². The Kier molecular flexibility index (Phi) is 7.16. The molecule has 1 aromatic heterocycles. The number of aromatic nitrogens is 1. The number of anilines is 1. The first-order chi connectivity index (χ1) is 9.90. The second-order valence-electron chi connectivity index (χ2n) is 6.84. The largest absolute Gasteiger partial charge is 0.370 e. The van der Waals surface area contributed by atoms with Gasteiger partial charge in [-0.3, -0.25) is 0 Å². The van der Waals surface area contributed by atoms with Crippen LogP contribution in [0.2, 0.25) is 0 Å². The lowest BCUT2D eigenvalue weighted by Crippen LogP contribution is -2.19. The van der Waals surface area contributed by atoms with E-state index in [9.17, 15) is 0 Å². The highest BCUT2D eigenvalue weighted by Gasteiger charge is 2.17. The van der Waals surface area contributed by atoms with E-state index < -0.39 is 0 Å². The number of nitrogens with one attached hydrogen (secondary N) is 2. The van der Waals surface area contributed by atoms with Crippen LogP contribution in [0.4, 0.5) is 5.82 Å². The van der Waals surface area contributed by atoms with Crippen LogP contribution in [0.25, 0.3) is 0 Å². The van der Waals surface area contributed by atoms with Crippen molar-refractivity contribution in [3.8, 4) is 0 Å².